The van der Waals surface area contributed by atoms with Gasteiger partial charge in [0.25, 0.3) is 5.91 Å². The van der Waals surface area contributed by atoms with Gasteiger partial charge in [-0.05, 0) is 25.0 Å². The van der Waals surface area contributed by atoms with Gasteiger partial charge in [-0.3, -0.25) is 9.78 Å². The molecule has 5 heteroatoms. The van der Waals surface area contributed by atoms with Crippen molar-refractivity contribution in [2.45, 2.75) is 38.1 Å². The molecule has 0 aliphatic heterocycles. The Morgan fingerprint density at radius 3 is 2.86 bits per heavy atom. The lowest BCUT2D eigenvalue weighted by Crippen LogP contribution is -2.36. The highest BCUT2D eigenvalue weighted by molar-refractivity contribution is 5.99. The summed E-state index contributed by atoms with van der Waals surface area (Å²) in [6.45, 7) is 0. The van der Waals surface area contributed by atoms with Gasteiger partial charge in [0.05, 0.1) is 23.8 Å². The van der Waals surface area contributed by atoms with Crippen molar-refractivity contribution in [2.75, 3.05) is 0 Å². The number of amides is 1. The van der Waals surface area contributed by atoms with Crippen molar-refractivity contribution in [3.63, 3.8) is 0 Å². The minimum Gasteiger partial charge on any atom is -0.349 e. The van der Waals surface area contributed by atoms with Gasteiger partial charge in [-0.1, -0.05) is 19.3 Å². The van der Waals surface area contributed by atoms with Gasteiger partial charge in [0, 0.05) is 19.3 Å². The van der Waals surface area contributed by atoms with Crippen molar-refractivity contribution in [3.8, 4) is 11.4 Å². The number of nitrogens with one attached hydrogen (secondary N) is 1. The van der Waals surface area contributed by atoms with E-state index in [9.17, 15) is 4.79 Å². The molecular weight excluding hydrogens is 264 g/mol. The maximum Gasteiger partial charge on any atom is 0.253 e. The summed E-state index contributed by atoms with van der Waals surface area (Å²) in [5.74, 6) is -0.0359. The number of carbonyl (C=O) groups excluding carboxylic acids is 1. The van der Waals surface area contributed by atoms with Crippen molar-refractivity contribution in [3.05, 3.63) is 36.4 Å². The molecule has 0 radical (unpaired) electrons. The van der Waals surface area contributed by atoms with E-state index in [4.69, 9.17) is 0 Å². The van der Waals surface area contributed by atoms with Gasteiger partial charge in [-0.15, -0.1) is 0 Å². The summed E-state index contributed by atoms with van der Waals surface area (Å²) in [5.41, 5.74) is 2.15. The van der Waals surface area contributed by atoms with Crippen LogP contribution in [0.4, 0.5) is 0 Å². The van der Waals surface area contributed by atoms with Gasteiger partial charge in [0.1, 0.15) is 5.69 Å². The molecule has 0 spiro atoms. The zero-order valence-corrected chi connectivity index (χ0v) is 12.2. The first-order valence-corrected chi connectivity index (χ1v) is 7.48. The molecule has 1 amide bonds. The molecule has 2 aromatic heterocycles. The molecule has 1 N–H and O–H groups in total. The fourth-order valence-electron chi connectivity index (χ4n) is 2.89. The maximum absolute atomic E-state index is 12.6. The van der Waals surface area contributed by atoms with Gasteiger partial charge in [-0.25, -0.2) is 4.98 Å². The molecule has 0 bridgehead atoms. The quantitative estimate of drug-likeness (QED) is 0.942. The third kappa shape index (κ3) is 2.96. The van der Waals surface area contributed by atoms with E-state index in [0.717, 1.165) is 18.5 Å². The smallest absolute Gasteiger partial charge is 0.253 e. The molecule has 1 aliphatic rings. The number of hydrogen-bond donors (Lipinski definition) is 1. The number of aryl methyl sites for hydroxylation is 1. The Morgan fingerprint density at radius 1 is 1.33 bits per heavy atom. The Bertz CT molecular complexity index is 629. The molecule has 0 aromatic carbocycles. The summed E-state index contributed by atoms with van der Waals surface area (Å²) in [7, 11) is 1.90. The van der Waals surface area contributed by atoms with Crippen molar-refractivity contribution < 1.29 is 4.79 Å². The molecule has 2 aromatic rings. The largest absolute Gasteiger partial charge is 0.349 e. The van der Waals surface area contributed by atoms with Crippen molar-refractivity contribution in [2.24, 2.45) is 7.05 Å². The van der Waals surface area contributed by atoms with Crippen LogP contribution in [0, 0.1) is 0 Å². The summed E-state index contributed by atoms with van der Waals surface area (Å²) >= 11 is 0. The summed E-state index contributed by atoms with van der Waals surface area (Å²) in [6, 6.07) is 3.93. The molecule has 1 aliphatic carbocycles. The van der Waals surface area contributed by atoms with Gasteiger partial charge < -0.3 is 9.88 Å². The molecule has 3 rings (SSSR count). The molecule has 0 unspecified atom stereocenters. The summed E-state index contributed by atoms with van der Waals surface area (Å²) < 4.78 is 1.87. The van der Waals surface area contributed by atoms with E-state index in [1.165, 1.54) is 19.3 Å². The van der Waals surface area contributed by atoms with E-state index in [0.29, 0.717) is 17.3 Å². The molecule has 0 atom stereocenters. The average Bonchev–Trinajstić information content (AvgIpc) is 2.94. The molecule has 21 heavy (non-hydrogen) atoms. The zero-order valence-electron chi connectivity index (χ0n) is 12.2. The zero-order chi connectivity index (χ0) is 14.7. The molecule has 0 saturated heterocycles. The van der Waals surface area contributed by atoms with Crippen molar-refractivity contribution >= 4 is 5.91 Å². The predicted octanol–water partition coefficient (Wildman–Crippen LogP) is 2.54. The monoisotopic (exact) mass is 284 g/mol. The SMILES string of the molecule is Cn1cncc1-c1ncccc1C(=O)NC1CCCCC1. The summed E-state index contributed by atoms with van der Waals surface area (Å²) in [4.78, 5) is 21.0. The van der Waals surface area contributed by atoms with Crippen LogP contribution in [0.1, 0.15) is 42.5 Å². The van der Waals surface area contributed by atoms with E-state index in [1.54, 1.807) is 24.8 Å². The Morgan fingerprint density at radius 2 is 2.14 bits per heavy atom. The van der Waals surface area contributed by atoms with Crippen LogP contribution in [-0.2, 0) is 7.05 Å². The Balaban J connectivity index is 1.85. The van der Waals surface area contributed by atoms with Crippen LogP contribution in [-0.4, -0.2) is 26.5 Å². The Kier molecular flexibility index (Phi) is 3.99. The molecule has 1 fully saturated rings. The highest BCUT2D eigenvalue weighted by Crippen LogP contribution is 2.22. The first kappa shape index (κ1) is 13.8. The second-order valence-electron chi connectivity index (χ2n) is 5.60. The molecule has 5 nitrogen and oxygen atoms in total. The minimum absolute atomic E-state index is 0.0359. The number of aromatic nitrogens is 3. The van der Waals surface area contributed by atoms with Gasteiger partial charge in [0.2, 0.25) is 0 Å². The Hall–Kier alpha value is -2.17. The molecule has 2 heterocycles. The Labute approximate surface area is 124 Å². The van der Waals surface area contributed by atoms with E-state index >= 15 is 0 Å². The topological polar surface area (TPSA) is 59.8 Å². The standard InChI is InChI=1S/C16H20N4O/c1-20-11-17-10-14(20)15-13(8-5-9-18-15)16(21)19-12-6-3-2-4-7-12/h5,8-12H,2-4,6-7H2,1H3,(H,19,21). The summed E-state index contributed by atoms with van der Waals surface area (Å²) in [5, 5.41) is 3.15. The number of imidazole rings is 1. The highest BCUT2D eigenvalue weighted by Gasteiger charge is 2.20. The number of pyridine rings is 1. The lowest BCUT2D eigenvalue weighted by atomic mass is 9.95. The third-order valence-corrected chi connectivity index (χ3v) is 4.05. The van der Waals surface area contributed by atoms with Crippen molar-refractivity contribution in [1.82, 2.24) is 19.9 Å². The van der Waals surface area contributed by atoms with E-state index in [-0.39, 0.29) is 5.91 Å². The third-order valence-electron chi connectivity index (χ3n) is 4.05. The van der Waals surface area contributed by atoms with Gasteiger partial charge in [0.15, 0.2) is 0 Å². The molecular formula is C16H20N4O. The highest BCUT2D eigenvalue weighted by atomic mass is 16.1. The van der Waals surface area contributed by atoms with E-state index in [2.05, 4.69) is 15.3 Å². The number of carbonyl (C=O) groups is 1. The second kappa shape index (κ2) is 6.08. The van der Waals surface area contributed by atoms with Gasteiger partial charge in [-0.2, -0.15) is 0 Å². The molecule has 110 valence electrons. The van der Waals surface area contributed by atoms with E-state index < -0.39 is 0 Å². The second-order valence-corrected chi connectivity index (χ2v) is 5.60. The maximum atomic E-state index is 12.6. The van der Waals surface area contributed by atoms with E-state index in [1.807, 2.05) is 17.7 Å². The van der Waals surface area contributed by atoms with Crippen LogP contribution in [0.2, 0.25) is 0 Å². The lowest BCUT2D eigenvalue weighted by molar-refractivity contribution is 0.0928. The van der Waals surface area contributed by atoms with Crippen LogP contribution in [0.5, 0.6) is 0 Å². The first-order chi connectivity index (χ1) is 10.3. The number of rotatable bonds is 3. The number of hydrogen-bond acceptors (Lipinski definition) is 3. The minimum atomic E-state index is -0.0359. The molecule has 1 saturated carbocycles. The average molecular weight is 284 g/mol. The summed E-state index contributed by atoms with van der Waals surface area (Å²) in [6.07, 6.45) is 11.0. The fourth-order valence-corrected chi connectivity index (χ4v) is 2.89. The normalized spacial score (nSPS) is 15.9. The predicted molar refractivity (Wildman–Crippen MR) is 80.8 cm³/mol. The van der Waals surface area contributed by atoms with Crippen LogP contribution < -0.4 is 5.32 Å². The van der Waals surface area contributed by atoms with Crippen molar-refractivity contribution in [1.29, 1.82) is 0 Å². The van der Waals surface area contributed by atoms with Crippen LogP contribution in [0.15, 0.2) is 30.9 Å². The number of nitrogens with zero attached hydrogens (tertiary/aromatic N) is 3. The van der Waals surface area contributed by atoms with Crippen LogP contribution in [0.25, 0.3) is 11.4 Å². The first-order valence-electron chi connectivity index (χ1n) is 7.48. The van der Waals surface area contributed by atoms with Crippen LogP contribution >= 0.6 is 0 Å². The van der Waals surface area contributed by atoms with Crippen LogP contribution in [0.3, 0.4) is 0 Å². The fraction of sp³-hybridized carbons (Fsp3) is 0.438. The lowest BCUT2D eigenvalue weighted by Gasteiger charge is -2.23. The van der Waals surface area contributed by atoms with Gasteiger partial charge >= 0.3 is 0 Å².